The molecular weight excluding hydrogens is 409 g/mol. The van der Waals surface area contributed by atoms with Crippen LogP contribution in [-0.4, -0.2) is 0 Å². The van der Waals surface area contributed by atoms with Crippen LogP contribution in [0.4, 0.5) is 4.39 Å². The van der Waals surface area contributed by atoms with Gasteiger partial charge in [0.25, 0.3) is 0 Å². The summed E-state index contributed by atoms with van der Waals surface area (Å²) in [7, 11) is 2.05. The molecule has 0 spiro atoms. The second-order valence-electron chi connectivity index (χ2n) is 10.1. The number of fused-ring (bicyclic) bond motifs is 3. The van der Waals surface area contributed by atoms with Crippen LogP contribution in [0, 0.1) is 18.2 Å². The number of furan rings is 1. The fraction of sp³-hybridized carbons (Fsp3) is 0.300. The van der Waals surface area contributed by atoms with E-state index in [-0.39, 0.29) is 11.2 Å². The summed E-state index contributed by atoms with van der Waals surface area (Å²) in [5.74, 6) is -0.204. The molecule has 0 radical (unpaired) electrons. The average Bonchev–Trinajstić information content (AvgIpc) is 3.29. The quantitative estimate of drug-likeness (QED) is 0.292. The summed E-state index contributed by atoms with van der Waals surface area (Å²) in [6.45, 7) is 6.59. The van der Waals surface area contributed by atoms with E-state index in [9.17, 15) is 0 Å². The van der Waals surface area contributed by atoms with Crippen molar-refractivity contribution < 1.29 is 13.4 Å². The van der Waals surface area contributed by atoms with Crippen molar-refractivity contribution >= 4 is 27.5 Å². The molecule has 2 nitrogen and oxygen atoms in total. The van der Waals surface area contributed by atoms with E-state index in [4.69, 9.17) is 4.42 Å². The maximum absolute atomic E-state index is 15.6. The van der Waals surface area contributed by atoms with Crippen molar-refractivity contribution in [3.05, 3.63) is 82.8 Å². The Morgan fingerprint density at radius 3 is 2.39 bits per heavy atom. The third-order valence-electron chi connectivity index (χ3n) is 7.80. The molecule has 0 amide bonds. The van der Waals surface area contributed by atoms with Gasteiger partial charge in [-0.3, -0.25) is 0 Å². The van der Waals surface area contributed by atoms with Gasteiger partial charge >= 0.3 is 0 Å². The Bertz CT molecular complexity index is 1520. The van der Waals surface area contributed by atoms with E-state index >= 15 is 4.39 Å². The number of pyridine rings is 1. The first-order valence-electron chi connectivity index (χ1n) is 11.9. The number of aromatic nitrogens is 1. The van der Waals surface area contributed by atoms with Crippen molar-refractivity contribution in [1.82, 2.24) is 0 Å². The fourth-order valence-corrected chi connectivity index (χ4v) is 6.03. The van der Waals surface area contributed by atoms with Gasteiger partial charge in [0.15, 0.2) is 6.20 Å². The standard InChI is InChI=1S/C30H29FNO/c1-18-12-13-20-21-14-15-24(31)27(23-17-19-9-5-6-10-22(19)30(23,2)3)29(21)33-28(20)26(18)25-11-7-8-16-32(25)4/h7-8,11-17H,5-6,9-10H2,1-4H3/q+1. The average molecular weight is 439 g/mol. The van der Waals surface area contributed by atoms with E-state index in [1.165, 1.54) is 24.0 Å². The molecule has 3 heteroatoms. The van der Waals surface area contributed by atoms with E-state index in [0.29, 0.717) is 11.1 Å². The highest BCUT2D eigenvalue weighted by atomic mass is 19.1. The first kappa shape index (κ1) is 20.4. The Kier molecular flexibility index (Phi) is 4.42. The van der Waals surface area contributed by atoms with E-state index in [2.05, 4.69) is 49.6 Å². The number of benzene rings is 2. The molecule has 2 aromatic heterocycles. The largest absolute Gasteiger partial charge is 0.454 e. The molecule has 6 rings (SSSR count). The molecule has 4 aromatic rings. The lowest BCUT2D eigenvalue weighted by molar-refractivity contribution is -0.660. The summed E-state index contributed by atoms with van der Waals surface area (Å²) in [6.07, 6.45) is 8.93. The molecule has 0 aliphatic heterocycles. The summed E-state index contributed by atoms with van der Waals surface area (Å²) in [6, 6.07) is 13.9. The Morgan fingerprint density at radius 2 is 1.64 bits per heavy atom. The predicted molar refractivity (Wildman–Crippen MR) is 132 cm³/mol. The van der Waals surface area contributed by atoms with Gasteiger partial charge in [0.05, 0.1) is 11.1 Å². The van der Waals surface area contributed by atoms with Crippen molar-refractivity contribution in [3.8, 4) is 11.3 Å². The van der Waals surface area contributed by atoms with Crippen LogP contribution in [0.5, 0.6) is 0 Å². The highest BCUT2D eigenvalue weighted by Gasteiger charge is 2.39. The second kappa shape index (κ2) is 7.15. The fourth-order valence-electron chi connectivity index (χ4n) is 6.03. The van der Waals surface area contributed by atoms with Crippen LogP contribution in [-0.2, 0) is 7.05 Å². The van der Waals surface area contributed by atoms with E-state index < -0.39 is 0 Å². The smallest absolute Gasteiger partial charge is 0.216 e. The first-order chi connectivity index (χ1) is 15.9. The van der Waals surface area contributed by atoms with E-state index in [0.717, 1.165) is 51.6 Å². The van der Waals surface area contributed by atoms with Gasteiger partial charge in [-0.15, -0.1) is 0 Å². The highest BCUT2D eigenvalue weighted by molar-refractivity contribution is 6.12. The van der Waals surface area contributed by atoms with Crippen LogP contribution in [0.1, 0.15) is 50.7 Å². The van der Waals surface area contributed by atoms with Crippen LogP contribution in [0.15, 0.2) is 70.3 Å². The number of aryl methyl sites for hydroxylation is 2. The Hall–Kier alpha value is -3.20. The Morgan fingerprint density at radius 1 is 0.909 bits per heavy atom. The van der Waals surface area contributed by atoms with Crippen molar-refractivity contribution in [3.63, 3.8) is 0 Å². The number of halogens is 1. The van der Waals surface area contributed by atoms with Gasteiger partial charge in [-0.25, -0.2) is 8.96 Å². The molecule has 2 heterocycles. The van der Waals surface area contributed by atoms with E-state index in [1.54, 1.807) is 6.07 Å². The molecule has 33 heavy (non-hydrogen) atoms. The zero-order valence-corrected chi connectivity index (χ0v) is 19.8. The van der Waals surface area contributed by atoms with Crippen molar-refractivity contribution in [1.29, 1.82) is 0 Å². The van der Waals surface area contributed by atoms with Crippen LogP contribution < -0.4 is 4.57 Å². The highest BCUT2D eigenvalue weighted by Crippen LogP contribution is 2.54. The normalized spacial score (nSPS) is 17.7. The summed E-state index contributed by atoms with van der Waals surface area (Å²) in [4.78, 5) is 0. The lowest BCUT2D eigenvalue weighted by Crippen LogP contribution is -2.30. The zero-order valence-electron chi connectivity index (χ0n) is 19.8. The molecule has 166 valence electrons. The Labute approximate surface area is 194 Å². The number of nitrogens with zero attached hydrogens (tertiary/aromatic N) is 1. The summed E-state index contributed by atoms with van der Waals surface area (Å²) in [5, 5.41) is 2.01. The van der Waals surface area contributed by atoms with Crippen LogP contribution in [0.25, 0.3) is 38.8 Å². The molecule has 2 aliphatic rings. The lowest BCUT2D eigenvalue weighted by atomic mass is 9.74. The zero-order chi connectivity index (χ0) is 22.9. The number of rotatable bonds is 2. The molecule has 2 aliphatic carbocycles. The van der Waals surface area contributed by atoms with Gasteiger partial charge in [-0.05, 0) is 67.5 Å². The predicted octanol–water partition coefficient (Wildman–Crippen LogP) is 7.82. The maximum Gasteiger partial charge on any atom is 0.216 e. The second-order valence-corrected chi connectivity index (χ2v) is 10.1. The summed E-state index contributed by atoms with van der Waals surface area (Å²) < 4.78 is 24.3. The summed E-state index contributed by atoms with van der Waals surface area (Å²) in [5.41, 5.74) is 9.16. The molecule has 0 saturated heterocycles. The Balaban J connectivity index is 1.66. The van der Waals surface area contributed by atoms with Crippen LogP contribution in [0.2, 0.25) is 0 Å². The minimum absolute atomic E-state index is 0.186. The number of hydrogen-bond acceptors (Lipinski definition) is 1. The molecule has 0 unspecified atom stereocenters. The third kappa shape index (κ3) is 2.88. The van der Waals surface area contributed by atoms with Gasteiger partial charge in [0, 0.05) is 28.3 Å². The number of allylic oxidation sites excluding steroid dienone is 4. The molecule has 0 fully saturated rings. The molecule has 0 saturated carbocycles. The van der Waals surface area contributed by atoms with Gasteiger partial charge in [-0.2, -0.15) is 0 Å². The molecule has 2 aromatic carbocycles. The molecule has 0 N–H and O–H groups in total. The molecular formula is C30H29FNO+. The third-order valence-corrected chi connectivity index (χ3v) is 7.80. The van der Waals surface area contributed by atoms with Crippen molar-refractivity contribution in [2.45, 2.75) is 46.5 Å². The van der Waals surface area contributed by atoms with Gasteiger partial charge in [0.1, 0.15) is 24.0 Å². The minimum Gasteiger partial charge on any atom is -0.454 e. The van der Waals surface area contributed by atoms with Crippen molar-refractivity contribution in [2.75, 3.05) is 0 Å². The van der Waals surface area contributed by atoms with Gasteiger partial charge < -0.3 is 4.42 Å². The monoisotopic (exact) mass is 438 g/mol. The van der Waals surface area contributed by atoms with Crippen LogP contribution >= 0.6 is 0 Å². The van der Waals surface area contributed by atoms with Crippen molar-refractivity contribution in [2.24, 2.45) is 12.5 Å². The summed E-state index contributed by atoms with van der Waals surface area (Å²) >= 11 is 0. The van der Waals surface area contributed by atoms with E-state index in [1.807, 2.05) is 31.4 Å². The van der Waals surface area contributed by atoms with Crippen LogP contribution in [0.3, 0.4) is 0 Å². The number of hydrogen-bond donors (Lipinski definition) is 0. The maximum atomic E-state index is 15.6. The molecule has 0 bridgehead atoms. The first-order valence-corrected chi connectivity index (χ1v) is 11.9. The van der Waals surface area contributed by atoms with Gasteiger partial charge in [0.2, 0.25) is 5.69 Å². The van der Waals surface area contributed by atoms with Gasteiger partial charge in [-0.1, -0.05) is 37.6 Å². The topological polar surface area (TPSA) is 17.0 Å². The molecule has 0 atom stereocenters. The minimum atomic E-state index is -0.204. The SMILES string of the molecule is Cc1ccc2c(oc3c(C4=CC5=C(CCCC5)C4(C)C)c(F)ccc32)c1-c1cccc[n+]1C. The lowest BCUT2D eigenvalue weighted by Gasteiger charge is -2.30.